The topological polar surface area (TPSA) is 82.1 Å². The van der Waals surface area contributed by atoms with E-state index in [4.69, 9.17) is 14.2 Å². The zero-order chi connectivity index (χ0) is 42.0. The van der Waals surface area contributed by atoms with E-state index in [1.807, 2.05) is 0 Å². The number of hydrogen-bond donors (Lipinski definition) is 0. The molecule has 7 heteroatoms. The number of hydrogen-bond acceptors (Lipinski definition) is 7. The molecule has 0 heterocycles. The summed E-state index contributed by atoms with van der Waals surface area (Å²) in [6.45, 7) is 14.8. The number of carbonyl (C=O) groups excluding carboxylic acids is 3. The molecule has 0 saturated carbocycles. The van der Waals surface area contributed by atoms with Crippen LogP contribution in [0.25, 0.3) is 0 Å². The van der Waals surface area contributed by atoms with Crippen molar-refractivity contribution in [2.24, 2.45) is 17.8 Å². The Morgan fingerprint density at radius 2 is 0.772 bits per heavy atom. The lowest BCUT2D eigenvalue weighted by atomic mass is 9.93. The Bertz CT molecular complexity index is 824. The third kappa shape index (κ3) is 37.1. The van der Waals surface area contributed by atoms with Gasteiger partial charge in [-0.2, -0.15) is 0 Å². The minimum atomic E-state index is -0.0248. The number of unbranched alkanes of at least 4 members (excludes halogenated alkanes) is 16. The standard InChI is InChI=1S/C50H97NO6/c1-7-12-31-45(32-13-8-2)39-43-55-48(52)37-28-24-20-16-18-22-26-35-47(50(54)57-42-30-41-51(6)11-5)36-27-23-19-17-21-25-29-38-49(53)56-44-40-46(33-14-9-3)34-15-10-4/h45-47H,7-44H2,1-6H3. The highest BCUT2D eigenvalue weighted by molar-refractivity contribution is 5.72. The molecule has 0 unspecified atom stereocenters. The lowest BCUT2D eigenvalue weighted by molar-refractivity contribution is -0.149. The van der Waals surface area contributed by atoms with E-state index in [0.29, 0.717) is 44.5 Å². The molecule has 0 bridgehead atoms. The summed E-state index contributed by atoms with van der Waals surface area (Å²) in [5.74, 6) is 1.36. The number of esters is 3. The highest BCUT2D eigenvalue weighted by atomic mass is 16.5. The molecule has 0 aliphatic carbocycles. The van der Waals surface area contributed by atoms with Gasteiger partial charge >= 0.3 is 17.9 Å². The third-order valence-corrected chi connectivity index (χ3v) is 12.1. The van der Waals surface area contributed by atoms with Crippen LogP contribution in [0.2, 0.25) is 0 Å². The van der Waals surface area contributed by atoms with Gasteiger partial charge in [-0.15, -0.1) is 0 Å². The van der Waals surface area contributed by atoms with E-state index in [0.717, 1.165) is 109 Å². The molecule has 0 fully saturated rings. The Morgan fingerprint density at radius 1 is 0.404 bits per heavy atom. The van der Waals surface area contributed by atoms with Crippen LogP contribution in [0.4, 0.5) is 0 Å². The minimum absolute atomic E-state index is 0.00260. The molecular weight excluding hydrogens is 711 g/mol. The second kappa shape index (κ2) is 42.5. The summed E-state index contributed by atoms with van der Waals surface area (Å²) >= 11 is 0. The number of nitrogens with zero attached hydrogens (tertiary/aromatic N) is 1. The van der Waals surface area contributed by atoms with E-state index in [2.05, 4.69) is 46.6 Å². The first kappa shape index (κ1) is 55.4. The van der Waals surface area contributed by atoms with Gasteiger partial charge in [0.1, 0.15) is 0 Å². The summed E-state index contributed by atoms with van der Waals surface area (Å²) in [5, 5.41) is 0. The van der Waals surface area contributed by atoms with Gasteiger partial charge in [-0.25, -0.2) is 0 Å². The lowest BCUT2D eigenvalue weighted by Gasteiger charge is -2.17. The predicted molar refractivity (Wildman–Crippen MR) is 242 cm³/mol. The quantitative estimate of drug-likeness (QED) is 0.0344. The van der Waals surface area contributed by atoms with Gasteiger partial charge in [-0.1, -0.05) is 189 Å². The van der Waals surface area contributed by atoms with E-state index in [1.54, 1.807) is 0 Å². The highest BCUT2D eigenvalue weighted by Gasteiger charge is 2.19. The molecular formula is C50H97NO6. The fraction of sp³-hybridized carbons (Fsp3) is 0.940. The van der Waals surface area contributed by atoms with Crippen molar-refractivity contribution in [2.45, 2.75) is 247 Å². The van der Waals surface area contributed by atoms with Crippen LogP contribution in [0.15, 0.2) is 0 Å². The first-order valence-corrected chi connectivity index (χ1v) is 25.0. The van der Waals surface area contributed by atoms with Crippen LogP contribution in [-0.2, 0) is 28.6 Å². The summed E-state index contributed by atoms with van der Waals surface area (Å²) < 4.78 is 16.9. The summed E-state index contributed by atoms with van der Waals surface area (Å²) in [6.07, 6.45) is 36.4. The summed E-state index contributed by atoms with van der Waals surface area (Å²) in [7, 11) is 2.10. The maximum absolute atomic E-state index is 13.1. The van der Waals surface area contributed by atoms with E-state index in [9.17, 15) is 14.4 Å². The minimum Gasteiger partial charge on any atom is -0.466 e. The number of ether oxygens (including phenoxy) is 3. The Balaban J connectivity index is 4.24. The zero-order valence-corrected chi connectivity index (χ0v) is 39.0. The van der Waals surface area contributed by atoms with Gasteiger partial charge in [0, 0.05) is 19.4 Å². The molecule has 0 rings (SSSR count). The molecule has 0 aromatic rings. The summed E-state index contributed by atoms with van der Waals surface area (Å²) in [4.78, 5) is 39.9. The lowest BCUT2D eigenvalue weighted by Crippen LogP contribution is -2.23. The van der Waals surface area contributed by atoms with Crippen molar-refractivity contribution < 1.29 is 28.6 Å². The second-order valence-electron chi connectivity index (χ2n) is 17.5. The Hall–Kier alpha value is -1.63. The van der Waals surface area contributed by atoms with Crippen LogP contribution >= 0.6 is 0 Å². The van der Waals surface area contributed by atoms with Crippen molar-refractivity contribution in [1.29, 1.82) is 0 Å². The van der Waals surface area contributed by atoms with E-state index >= 15 is 0 Å². The van der Waals surface area contributed by atoms with Gasteiger partial charge in [0.05, 0.1) is 25.7 Å². The van der Waals surface area contributed by atoms with Gasteiger partial charge in [0.15, 0.2) is 0 Å². The van der Waals surface area contributed by atoms with Gasteiger partial charge in [0.2, 0.25) is 0 Å². The summed E-state index contributed by atoms with van der Waals surface area (Å²) in [6, 6.07) is 0. The second-order valence-corrected chi connectivity index (χ2v) is 17.5. The van der Waals surface area contributed by atoms with Crippen molar-refractivity contribution in [1.82, 2.24) is 4.90 Å². The molecule has 0 saturated heterocycles. The maximum atomic E-state index is 13.1. The third-order valence-electron chi connectivity index (χ3n) is 12.1. The van der Waals surface area contributed by atoms with Crippen LogP contribution in [-0.4, -0.2) is 62.8 Å². The monoisotopic (exact) mass is 808 g/mol. The van der Waals surface area contributed by atoms with Crippen LogP contribution in [0, 0.1) is 17.8 Å². The van der Waals surface area contributed by atoms with Gasteiger partial charge in [-0.05, 0) is 70.4 Å². The first-order valence-electron chi connectivity index (χ1n) is 25.0. The fourth-order valence-electron chi connectivity index (χ4n) is 7.91. The van der Waals surface area contributed by atoms with E-state index in [-0.39, 0.29) is 23.8 Å². The molecule has 0 aliphatic rings. The van der Waals surface area contributed by atoms with Gasteiger partial charge < -0.3 is 19.1 Å². The number of carbonyl (C=O) groups is 3. The van der Waals surface area contributed by atoms with E-state index < -0.39 is 0 Å². The maximum Gasteiger partial charge on any atom is 0.308 e. The Morgan fingerprint density at radius 3 is 1.14 bits per heavy atom. The van der Waals surface area contributed by atoms with Crippen molar-refractivity contribution in [3.63, 3.8) is 0 Å². The molecule has 0 amide bonds. The molecule has 57 heavy (non-hydrogen) atoms. The smallest absolute Gasteiger partial charge is 0.308 e. The predicted octanol–water partition coefficient (Wildman–Crippen LogP) is 14.4. The van der Waals surface area contributed by atoms with Crippen LogP contribution in [0.3, 0.4) is 0 Å². The highest BCUT2D eigenvalue weighted by Crippen LogP contribution is 2.23. The fourth-order valence-corrected chi connectivity index (χ4v) is 7.91. The molecule has 338 valence electrons. The largest absolute Gasteiger partial charge is 0.466 e. The van der Waals surface area contributed by atoms with Crippen molar-refractivity contribution in [3.8, 4) is 0 Å². The molecule has 0 aromatic heterocycles. The Kier molecular flexibility index (Phi) is 41.3. The molecule has 0 atom stereocenters. The van der Waals surface area contributed by atoms with Crippen LogP contribution < -0.4 is 0 Å². The van der Waals surface area contributed by atoms with Crippen LogP contribution in [0.5, 0.6) is 0 Å². The normalized spacial score (nSPS) is 11.7. The SMILES string of the molecule is CCCCC(CCCC)CCOC(=O)CCCCCCCCCC(CCCCCCCCCC(=O)OCCC(CCCC)CCCC)C(=O)OCCCN(C)CC. The molecule has 0 aromatic carbocycles. The molecule has 7 nitrogen and oxygen atoms in total. The molecule has 0 spiro atoms. The Labute approximate surface area is 354 Å². The van der Waals surface area contributed by atoms with Gasteiger partial charge in [0.25, 0.3) is 0 Å². The first-order chi connectivity index (χ1) is 27.8. The average Bonchev–Trinajstić information content (AvgIpc) is 3.21. The van der Waals surface area contributed by atoms with Crippen molar-refractivity contribution in [2.75, 3.05) is 40.0 Å². The molecule has 0 aliphatic heterocycles. The average molecular weight is 808 g/mol. The number of rotatable bonds is 44. The van der Waals surface area contributed by atoms with Crippen LogP contribution in [0.1, 0.15) is 247 Å². The summed E-state index contributed by atoms with van der Waals surface area (Å²) in [5.41, 5.74) is 0. The zero-order valence-electron chi connectivity index (χ0n) is 39.0. The van der Waals surface area contributed by atoms with Crippen molar-refractivity contribution in [3.05, 3.63) is 0 Å². The van der Waals surface area contributed by atoms with Crippen molar-refractivity contribution >= 4 is 17.9 Å². The van der Waals surface area contributed by atoms with E-state index in [1.165, 1.54) is 103 Å². The van der Waals surface area contributed by atoms with Gasteiger partial charge in [-0.3, -0.25) is 14.4 Å². The molecule has 0 N–H and O–H groups in total. The molecule has 0 radical (unpaired) electrons.